The van der Waals surface area contributed by atoms with E-state index >= 15 is 0 Å². The molecule has 1 aromatic rings. The van der Waals surface area contributed by atoms with E-state index < -0.39 is 37.0 Å². The lowest BCUT2D eigenvalue weighted by Gasteiger charge is -2.58. The van der Waals surface area contributed by atoms with Crippen LogP contribution in [0.3, 0.4) is 0 Å². The molecule has 4 heterocycles. The number of ether oxygens (including phenoxy) is 7. The molecule has 1 aromatic carbocycles. The summed E-state index contributed by atoms with van der Waals surface area (Å²) in [7, 11) is 1.62. The van der Waals surface area contributed by atoms with Crippen molar-refractivity contribution in [3.63, 3.8) is 0 Å². The van der Waals surface area contributed by atoms with Crippen LogP contribution in [-0.2, 0) is 28.4 Å². The normalized spacial score (nSPS) is 52.7. The summed E-state index contributed by atoms with van der Waals surface area (Å²) in [6.45, 7) is 10.9. The van der Waals surface area contributed by atoms with Crippen molar-refractivity contribution >= 4 is 0 Å². The Morgan fingerprint density at radius 2 is 1.70 bits per heavy atom. The largest absolute Gasteiger partial charge is 0.497 e. The number of aliphatic hydroxyl groups excluding tert-OH is 2. The molecule has 50 heavy (non-hydrogen) atoms. The number of methoxy groups -OCH3 is 1. The molecule has 0 bridgehead atoms. The summed E-state index contributed by atoms with van der Waals surface area (Å²) >= 11 is 0. The molecule has 2 N–H and O–H groups in total. The molecule has 1 spiro atoms. The average Bonchev–Trinajstić information content (AvgIpc) is 3.57. The molecule has 4 aliphatic heterocycles. The van der Waals surface area contributed by atoms with Crippen LogP contribution in [0.15, 0.2) is 35.9 Å². The Balaban J connectivity index is 0.845. The van der Waals surface area contributed by atoms with Crippen molar-refractivity contribution in [1.82, 2.24) is 0 Å². The summed E-state index contributed by atoms with van der Waals surface area (Å²) in [6, 6.07) is 7.45. The first kappa shape index (κ1) is 34.2. The monoisotopic (exact) mass is 694 g/mol. The van der Waals surface area contributed by atoms with E-state index in [0.29, 0.717) is 47.0 Å². The summed E-state index contributed by atoms with van der Waals surface area (Å²) < 4.78 is 43.7. The third kappa shape index (κ3) is 5.23. The highest BCUT2D eigenvalue weighted by molar-refractivity contribution is 5.29. The van der Waals surface area contributed by atoms with Gasteiger partial charge < -0.3 is 43.4 Å². The van der Waals surface area contributed by atoms with Gasteiger partial charge >= 0.3 is 0 Å². The summed E-state index contributed by atoms with van der Waals surface area (Å²) in [4.78, 5) is 0. The summed E-state index contributed by atoms with van der Waals surface area (Å²) in [5, 5.41) is 22.4. The van der Waals surface area contributed by atoms with E-state index in [1.54, 1.807) is 7.11 Å². The first-order chi connectivity index (χ1) is 24.0. The Morgan fingerprint density at radius 1 is 0.880 bits per heavy atom. The van der Waals surface area contributed by atoms with Crippen LogP contribution in [-0.4, -0.2) is 79.2 Å². The van der Waals surface area contributed by atoms with Crippen LogP contribution in [0.4, 0.5) is 0 Å². The van der Waals surface area contributed by atoms with Gasteiger partial charge in [-0.2, -0.15) is 0 Å². The molecular formula is C41H58O9. The van der Waals surface area contributed by atoms with Crippen LogP contribution in [0.5, 0.6) is 5.75 Å². The number of hydrogen-bond acceptors (Lipinski definition) is 9. The molecule has 4 aliphatic carbocycles. The highest BCUT2D eigenvalue weighted by Crippen LogP contribution is 2.70. The van der Waals surface area contributed by atoms with Gasteiger partial charge in [-0.3, -0.25) is 0 Å². The van der Waals surface area contributed by atoms with E-state index in [0.717, 1.165) is 50.0 Å². The molecule has 0 radical (unpaired) electrons. The van der Waals surface area contributed by atoms with Crippen molar-refractivity contribution in [1.29, 1.82) is 0 Å². The van der Waals surface area contributed by atoms with E-state index in [9.17, 15) is 10.2 Å². The van der Waals surface area contributed by atoms with E-state index in [-0.39, 0.29) is 23.9 Å². The van der Waals surface area contributed by atoms with E-state index in [1.807, 2.05) is 24.3 Å². The lowest BCUT2D eigenvalue weighted by atomic mass is 9.47. The fourth-order valence-corrected chi connectivity index (χ4v) is 12.6. The first-order valence-electron chi connectivity index (χ1n) is 19.6. The number of allylic oxidation sites excluding steroid dienone is 1. The molecule has 7 fully saturated rings. The van der Waals surface area contributed by atoms with E-state index in [1.165, 1.54) is 31.3 Å². The van der Waals surface area contributed by atoms with Gasteiger partial charge in [0.25, 0.3) is 0 Å². The zero-order valence-corrected chi connectivity index (χ0v) is 30.5. The Bertz CT molecular complexity index is 1440. The number of aliphatic hydroxyl groups is 2. The van der Waals surface area contributed by atoms with Crippen LogP contribution in [0, 0.1) is 46.3 Å². The Hall–Kier alpha value is -1.56. The third-order valence-corrected chi connectivity index (χ3v) is 15.4. The second-order valence-corrected chi connectivity index (χ2v) is 17.8. The zero-order chi connectivity index (χ0) is 34.6. The minimum absolute atomic E-state index is 0.0740. The summed E-state index contributed by atoms with van der Waals surface area (Å²) in [5.41, 5.74) is 2.80. The number of fused-ring (bicyclic) bond motifs is 8. The van der Waals surface area contributed by atoms with Gasteiger partial charge in [0.1, 0.15) is 30.2 Å². The fourth-order valence-electron chi connectivity index (χ4n) is 12.6. The Labute approximate surface area is 297 Å². The van der Waals surface area contributed by atoms with Crippen LogP contribution >= 0.6 is 0 Å². The Kier molecular flexibility index (Phi) is 8.56. The van der Waals surface area contributed by atoms with Gasteiger partial charge in [0.2, 0.25) is 0 Å². The maximum Gasteiger partial charge on any atom is 0.186 e. The quantitative estimate of drug-likeness (QED) is 0.351. The lowest BCUT2D eigenvalue weighted by molar-refractivity contribution is -0.367. The summed E-state index contributed by atoms with van der Waals surface area (Å²) in [5.74, 6) is 4.07. The first-order valence-corrected chi connectivity index (χ1v) is 19.6. The third-order valence-electron chi connectivity index (χ3n) is 15.4. The molecule has 0 amide bonds. The van der Waals surface area contributed by atoms with Crippen molar-refractivity contribution in [2.45, 2.75) is 140 Å². The standard InChI is InChI=1S/C41H58O9/c1-22-12-17-41(46-20-22)23(2)33-31(50-41)19-30-28-11-8-25-18-27(13-15-39(25,3)29(28)14-16-40(30,33)4)47-38-35(43)34(42)36-32(48-38)21-45-37(49-36)24-6-9-26(44-5)10-7-24/h6-10,22-23,27-38,42-43H,11-21H2,1-5H3/t22-,23+,27+,28-,29+,30+,31+,32?,33+,34?,35?,36-,37?,38-,39+,40+,41-/m1/s1. The molecule has 4 saturated heterocycles. The molecule has 3 saturated carbocycles. The number of benzene rings is 1. The second-order valence-electron chi connectivity index (χ2n) is 17.8. The minimum Gasteiger partial charge on any atom is -0.497 e. The molecule has 9 rings (SSSR count). The van der Waals surface area contributed by atoms with Gasteiger partial charge in [0.05, 0.1) is 32.5 Å². The zero-order valence-electron chi connectivity index (χ0n) is 30.5. The van der Waals surface area contributed by atoms with Crippen molar-refractivity contribution in [2.75, 3.05) is 20.3 Å². The molecule has 17 atom stereocenters. The van der Waals surface area contributed by atoms with E-state index in [2.05, 4.69) is 33.8 Å². The molecule has 8 aliphatic rings. The van der Waals surface area contributed by atoms with Crippen molar-refractivity contribution in [3.8, 4) is 5.75 Å². The van der Waals surface area contributed by atoms with E-state index in [4.69, 9.17) is 33.2 Å². The van der Waals surface area contributed by atoms with Gasteiger partial charge in [-0.25, -0.2) is 0 Å². The van der Waals surface area contributed by atoms with Gasteiger partial charge in [-0.1, -0.05) is 51.5 Å². The predicted molar refractivity (Wildman–Crippen MR) is 184 cm³/mol. The minimum atomic E-state index is -1.21. The molecule has 0 aromatic heterocycles. The SMILES string of the molecule is COc1ccc(C2OCC3O[C@@H](O[C@H]4CC[C@@]5(C)C(=CC[C@H]6[C@@H]7C[C@@H]8O[C@]9(CC[C@@H](C)CO9)[C@@H](C)[C@@H]8[C@@]7(C)CC[C@@H]65)C4)C(O)C(O)[C@@H]3O2)cc1. The number of hydrogen-bond donors (Lipinski definition) is 2. The van der Waals surface area contributed by atoms with Crippen molar-refractivity contribution < 1.29 is 43.4 Å². The van der Waals surface area contributed by atoms with Gasteiger partial charge in [0, 0.05) is 17.9 Å². The number of rotatable bonds is 4. The fraction of sp³-hybridized carbons (Fsp3) is 0.805. The Morgan fingerprint density at radius 3 is 2.46 bits per heavy atom. The lowest BCUT2D eigenvalue weighted by Crippen LogP contribution is -2.62. The van der Waals surface area contributed by atoms with Crippen molar-refractivity contribution in [3.05, 3.63) is 41.5 Å². The maximum atomic E-state index is 11.2. The molecule has 9 nitrogen and oxygen atoms in total. The van der Waals surface area contributed by atoms with Gasteiger partial charge in [-0.15, -0.1) is 0 Å². The van der Waals surface area contributed by atoms with Crippen LogP contribution in [0.2, 0.25) is 0 Å². The van der Waals surface area contributed by atoms with Crippen LogP contribution in [0.25, 0.3) is 0 Å². The topological polar surface area (TPSA) is 105 Å². The summed E-state index contributed by atoms with van der Waals surface area (Å²) in [6.07, 6.45) is 7.50. The van der Waals surface area contributed by atoms with Crippen molar-refractivity contribution in [2.24, 2.45) is 46.3 Å². The molecular weight excluding hydrogens is 636 g/mol. The molecule has 4 unspecified atom stereocenters. The molecule has 276 valence electrons. The van der Waals surface area contributed by atoms with Crippen LogP contribution in [0.1, 0.15) is 97.3 Å². The van der Waals surface area contributed by atoms with Gasteiger partial charge in [-0.05, 0) is 104 Å². The predicted octanol–water partition coefficient (Wildman–Crippen LogP) is 6.31. The maximum absolute atomic E-state index is 11.2. The highest BCUT2D eigenvalue weighted by atomic mass is 16.8. The second kappa shape index (κ2) is 12.5. The van der Waals surface area contributed by atoms with Gasteiger partial charge in [0.15, 0.2) is 18.4 Å². The average molecular weight is 695 g/mol. The smallest absolute Gasteiger partial charge is 0.186 e. The highest BCUT2D eigenvalue weighted by Gasteiger charge is 2.68. The molecule has 9 heteroatoms. The van der Waals surface area contributed by atoms with Crippen LogP contribution < -0.4 is 4.74 Å².